The molecule has 0 bridgehead atoms. The van der Waals surface area contributed by atoms with Crippen LogP contribution in [0.25, 0.3) is 0 Å². The molecule has 0 fully saturated rings. The molecule has 0 atom stereocenters. The first-order valence-corrected chi connectivity index (χ1v) is 7.90. The number of nitrogens with two attached hydrogens (primary N) is 1. The fourth-order valence-electron chi connectivity index (χ4n) is 1.56. The van der Waals surface area contributed by atoms with Crippen LogP contribution < -0.4 is 11.3 Å². The molecule has 0 radical (unpaired) electrons. The summed E-state index contributed by atoms with van der Waals surface area (Å²) in [6, 6.07) is 3.78. The molecule has 0 aliphatic rings. The van der Waals surface area contributed by atoms with Crippen LogP contribution in [0.2, 0.25) is 0 Å². The summed E-state index contributed by atoms with van der Waals surface area (Å²) < 4.78 is 22.1. The van der Waals surface area contributed by atoms with Gasteiger partial charge in [-0.1, -0.05) is 0 Å². The molecule has 116 valence electrons. The number of anilines is 1. The second-order valence-electron chi connectivity index (χ2n) is 4.49. The van der Waals surface area contributed by atoms with Crippen LogP contribution in [0.4, 0.5) is 11.4 Å². The molecule has 0 unspecified atom stereocenters. The number of nitrogens with one attached hydrogen (secondary N) is 1. The second kappa shape index (κ2) is 6.50. The SMILES string of the molecule is CN(CCS(C)(=O)=O)C(=O)c1ccc(NN)c([N+](=O)[O-])c1. The number of sulfone groups is 1. The summed E-state index contributed by atoms with van der Waals surface area (Å²) in [6.07, 6.45) is 1.07. The van der Waals surface area contributed by atoms with Crippen LogP contribution in [0, 0.1) is 10.1 Å². The van der Waals surface area contributed by atoms with E-state index in [2.05, 4.69) is 5.43 Å². The number of nitrogen functional groups attached to an aromatic ring is 1. The van der Waals surface area contributed by atoms with Crippen molar-refractivity contribution in [3.63, 3.8) is 0 Å². The summed E-state index contributed by atoms with van der Waals surface area (Å²) in [5, 5.41) is 10.9. The molecule has 0 aromatic heterocycles. The highest BCUT2D eigenvalue weighted by Crippen LogP contribution is 2.25. The van der Waals surface area contributed by atoms with E-state index in [9.17, 15) is 23.3 Å². The highest BCUT2D eigenvalue weighted by atomic mass is 32.2. The monoisotopic (exact) mass is 316 g/mol. The summed E-state index contributed by atoms with van der Waals surface area (Å²) in [6.45, 7) is 0.00234. The van der Waals surface area contributed by atoms with Crippen molar-refractivity contribution in [2.75, 3.05) is 31.0 Å². The van der Waals surface area contributed by atoms with Gasteiger partial charge in [0.25, 0.3) is 11.6 Å². The van der Waals surface area contributed by atoms with Gasteiger partial charge >= 0.3 is 0 Å². The van der Waals surface area contributed by atoms with E-state index in [0.29, 0.717) is 0 Å². The Morgan fingerprint density at radius 3 is 2.57 bits per heavy atom. The number of rotatable bonds is 6. The molecule has 10 heteroatoms. The third kappa shape index (κ3) is 4.68. The summed E-state index contributed by atoms with van der Waals surface area (Å²) >= 11 is 0. The number of hydrogen-bond donors (Lipinski definition) is 2. The summed E-state index contributed by atoms with van der Waals surface area (Å²) in [4.78, 5) is 23.5. The number of hydrazine groups is 1. The first kappa shape index (κ1) is 16.9. The molecule has 0 aliphatic heterocycles. The highest BCUT2D eigenvalue weighted by molar-refractivity contribution is 7.90. The van der Waals surface area contributed by atoms with Crippen molar-refractivity contribution in [1.29, 1.82) is 0 Å². The van der Waals surface area contributed by atoms with E-state index >= 15 is 0 Å². The van der Waals surface area contributed by atoms with E-state index in [1.165, 1.54) is 24.1 Å². The highest BCUT2D eigenvalue weighted by Gasteiger charge is 2.19. The topological polar surface area (TPSA) is 136 Å². The van der Waals surface area contributed by atoms with Crippen molar-refractivity contribution in [2.45, 2.75) is 0 Å². The molecule has 0 spiro atoms. The van der Waals surface area contributed by atoms with Crippen LogP contribution in [0.5, 0.6) is 0 Å². The molecule has 1 aromatic rings. The molecule has 1 rings (SSSR count). The Bertz CT molecular complexity index is 659. The van der Waals surface area contributed by atoms with Crippen LogP contribution in [0.15, 0.2) is 18.2 Å². The minimum atomic E-state index is -3.20. The van der Waals surface area contributed by atoms with E-state index in [4.69, 9.17) is 5.84 Å². The normalized spacial score (nSPS) is 11.0. The fourth-order valence-corrected chi connectivity index (χ4v) is 2.17. The van der Waals surface area contributed by atoms with Gasteiger partial charge in [-0.25, -0.2) is 8.42 Å². The Labute approximate surface area is 121 Å². The van der Waals surface area contributed by atoms with Gasteiger partial charge in [0, 0.05) is 31.5 Å². The summed E-state index contributed by atoms with van der Waals surface area (Å²) in [7, 11) is -1.77. The van der Waals surface area contributed by atoms with Gasteiger partial charge in [-0.05, 0) is 12.1 Å². The lowest BCUT2D eigenvalue weighted by Gasteiger charge is -2.16. The Morgan fingerprint density at radius 1 is 1.48 bits per heavy atom. The van der Waals surface area contributed by atoms with Gasteiger partial charge in [0.15, 0.2) is 0 Å². The molecule has 0 saturated carbocycles. The lowest BCUT2D eigenvalue weighted by atomic mass is 10.1. The Balaban J connectivity index is 2.97. The fraction of sp³-hybridized carbons (Fsp3) is 0.364. The zero-order valence-electron chi connectivity index (χ0n) is 11.6. The van der Waals surface area contributed by atoms with Crippen molar-refractivity contribution in [2.24, 2.45) is 5.84 Å². The number of nitrogens with zero attached hydrogens (tertiary/aromatic N) is 2. The van der Waals surface area contributed by atoms with E-state index in [-0.39, 0.29) is 29.2 Å². The number of carbonyl (C=O) groups excluding carboxylic acids is 1. The quantitative estimate of drug-likeness (QED) is 0.428. The second-order valence-corrected chi connectivity index (χ2v) is 6.75. The van der Waals surface area contributed by atoms with Gasteiger partial charge in [0.05, 0.1) is 10.7 Å². The molecular weight excluding hydrogens is 300 g/mol. The smallest absolute Gasteiger partial charge is 0.294 e. The Kier molecular flexibility index (Phi) is 5.22. The third-order valence-corrected chi connectivity index (χ3v) is 3.67. The largest absolute Gasteiger partial charge is 0.341 e. The molecule has 0 heterocycles. The van der Waals surface area contributed by atoms with Gasteiger partial charge in [-0.15, -0.1) is 0 Å². The number of carbonyl (C=O) groups is 1. The zero-order chi connectivity index (χ0) is 16.2. The van der Waals surface area contributed by atoms with Crippen LogP contribution in [0.3, 0.4) is 0 Å². The lowest BCUT2D eigenvalue weighted by Crippen LogP contribution is -2.31. The van der Waals surface area contributed by atoms with Gasteiger partial charge in [-0.2, -0.15) is 0 Å². The number of nitro benzene ring substituents is 1. The molecular formula is C11H16N4O5S. The number of nitro groups is 1. The van der Waals surface area contributed by atoms with Crippen molar-refractivity contribution in [1.82, 2.24) is 4.90 Å². The Morgan fingerprint density at radius 2 is 2.10 bits per heavy atom. The number of benzene rings is 1. The van der Waals surface area contributed by atoms with Gasteiger partial charge in [0.2, 0.25) is 0 Å². The van der Waals surface area contributed by atoms with Crippen LogP contribution >= 0.6 is 0 Å². The molecule has 9 nitrogen and oxygen atoms in total. The average Bonchev–Trinajstić information content (AvgIpc) is 2.42. The predicted molar refractivity (Wildman–Crippen MR) is 77.6 cm³/mol. The molecule has 1 aromatic carbocycles. The third-order valence-electron chi connectivity index (χ3n) is 2.74. The van der Waals surface area contributed by atoms with E-state index < -0.39 is 20.7 Å². The van der Waals surface area contributed by atoms with Crippen LogP contribution in [0.1, 0.15) is 10.4 Å². The van der Waals surface area contributed by atoms with E-state index in [1.54, 1.807) is 0 Å². The van der Waals surface area contributed by atoms with Crippen LogP contribution in [-0.2, 0) is 9.84 Å². The van der Waals surface area contributed by atoms with Gasteiger partial charge in [-0.3, -0.25) is 20.8 Å². The molecule has 0 saturated heterocycles. The average molecular weight is 316 g/mol. The lowest BCUT2D eigenvalue weighted by molar-refractivity contribution is -0.384. The van der Waals surface area contributed by atoms with Gasteiger partial charge < -0.3 is 10.3 Å². The first-order chi connectivity index (χ1) is 9.65. The summed E-state index contributed by atoms with van der Waals surface area (Å²) in [5.74, 6) is 4.46. The summed E-state index contributed by atoms with van der Waals surface area (Å²) in [5.41, 5.74) is 2.00. The maximum Gasteiger partial charge on any atom is 0.294 e. The van der Waals surface area contributed by atoms with E-state index in [1.807, 2.05) is 0 Å². The van der Waals surface area contributed by atoms with Crippen LogP contribution in [-0.4, -0.2) is 49.7 Å². The maximum atomic E-state index is 12.1. The number of hydrogen-bond acceptors (Lipinski definition) is 7. The molecule has 0 aliphatic carbocycles. The van der Waals surface area contributed by atoms with E-state index in [0.717, 1.165) is 12.3 Å². The zero-order valence-corrected chi connectivity index (χ0v) is 12.4. The first-order valence-electron chi connectivity index (χ1n) is 5.84. The van der Waals surface area contributed by atoms with Gasteiger partial charge in [0.1, 0.15) is 15.5 Å². The predicted octanol–water partition coefficient (Wildman–Crippen LogP) is -0.00300. The minimum Gasteiger partial charge on any atom is -0.341 e. The minimum absolute atomic E-state index is 0.00234. The molecule has 3 N–H and O–H groups in total. The molecule has 21 heavy (non-hydrogen) atoms. The standard InChI is InChI=1S/C11H16N4O5S/c1-14(5-6-21(2,19)20)11(16)8-3-4-9(13-12)10(7-8)15(17)18/h3-4,7,13H,5-6,12H2,1-2H3. The maximum absolute atomic E-state index is 12.1. The van der Waals surface area contributed by atoms with Crippen molar-refractivity contribution in [3.05, 3.63) is 33.9 Å². The molecule has 1 amide bonds. The Hall–Kier alpha value is -2.20. The van der Waals surface area contributed by atoms with Crippen molar-refractivity contribution >= 4 is 27.1 Å². The van der Waals surface area contributed by atoms with Crippen molar-refractivity contribution in [3.8, 4) is 0 Å². The number of amides is 1. The van der Waals surface area contributed by atoms with Crippen molar-refractivity contribution < 1.29 is 18.1 Å².